The number of carbonyl (C=O) groups excluding carboxylic acids is 2. The zero-order chi connectivity index (χ0) is 26.5. The van der Waals surface area contributed by atoms with Crippen LogP contribution in [-0.4, -0.2) is 47.1 Å². The van der Waals surface area contributed by atoms with E-state index in [1.807, 2.05) is 66.7 Å². The van der Waals surface area contributed by atoms with Crippen LogP contribution in [0, 0.1) is 0 Å². The Morgan fingerprint density at radius 2 is 1.76 bits per heavy atom. The van der Waals surface area contributed by atoms with Crippen LogP contribution in [0.15, 0.2) is 78.3 Å². The molecule has 0 aliphatic rings. The minimum absolute atomic E-state index is 0.239. The maximum Gasteiger partial charge on any atom is 0.274 e. The van der Waals surface area contributed by atoms with Gasteiger partial charge in [0.1, 0.15) is 17.2 Å². The fraction of sp³-hybridized carbons (Fsp3) is 0.143. The number of hydrogen-bond donors (Lipinski definition) is 2. The molecule has 2 amide bonds. The molecular weight excluding hydrogens is 502 g/mol. The second-order valence-corrected chi connectivity index (χ2v) is 9.16. The lowest BCUT2D eigenvalue weighted by Gasteiger charge is -2.10. The lowest BCUT2D eigenvalue weighted by Crippen LogP contribution is -2.26. The Hall–Kier alpha value is -4.70. The van der Waals surface area contributed by atoms with Gasteiger partial charge in [-0.25, -0.2) is 9.97 Å². The highest BCUT2D eigenvalue weighted by Crippen LogP contribution is 2.28. The first kappa shape index (κ1) is 25.0. The molecule has 2 N–H and O–H groups in total. The summed E-state index contributed by atoms with van der Waals surface area (Å²) in [6, 6.07) is 20.7. The standard InChI is InChI=1S/C28H25N5O4S/c1-36-23-11-10-18(15-24(23)37-2)12-14-30-26(34)20-17-38-28(31-20)32-27(35)22-16-19-7-3-4-8-21(19)33(22)25-9-5-6-13-29-25/h3-11,13,15-17H,12,14H2,1-2H3,(H,30,34)(H,31,32,35). The van der Waals surface area contributed by atoms with Crippen molar-refractivity contribution in [1.82, 2.24) is 19.9 Å². The first-order chi connectivity index (χ1) is 18.6. The molecule has 38 heavy (non-hydrogen) atoms. The van der Waals surface area contributed by atoms with Gasteiger partial charge in [-0.15, -0.1) is 11.3 Å². The fourth-order valence-electron chi connectivity index (χ4n) is 4.10. The highest BCUT2D eigenvalue weighted by Gasteiger charge is 2.19. The van der Waals surface area contributed by atoms with E-state index >= 15 is 0 Å². The number of aromatic nitrogens is 3. The van der Waals surface area contributed by atoms with Gasteiger partial charge < -0.3 is 14.8 Å². The highest BCUT2D eigenvalue weighted by molar-refractivity contribution is 7.14. The lowest BCUT2D eigenvalue weighted by atomic mass is 10.1. The summed E-state index contributed by atoms with van der Waals surface area (Å²) in [6.45, 7) is 0.414. The van der Waals surface area contributed by atoms with Crippen LogP contribution >= 0.6 is 11.3 Å². The van der Waals surface area contributed by atoms with Crippen molar-refractivity contribution in [2.75, 3.05) is 26.1 Å². The maximum atomic E-state index is 13.3. The van der Waals surface area contributed by atoms with Gasteiger partial charge >= 0.3 is 0 Å². The molecule has 0 bridgehead atoms. The van der Waals surface area contributed by atoms with Crippen LogP contribution in [0.25, 0.3) is 16.7 Å². The van der Waals surface area contributed by atoms with Crippen molar-refractivity contribution < 1.29 is 19.1 Å². The summed E-state index contributed by atoms with van der Waals surface area (Å²) in [5.41, 5.74) is 2.52. The van der Waals surface area contributed by atoms with E-state index in [1.165, 1.54) is 11.3 Å². The molecule has 0 saturated heterocycles. The number of methoxy groups -OCH3 is 2. The summed E-state index contributed by atoms with van der Waals surface area (Å²) in [5.74, 6) is 1.26. The smallest absolute Gasteiger partial charge is 0.274 e. The van der Waals surface area contributed by atoms with Crippen LogP contribution in [-0.2, 0) is 6.42 Å². The van der Waals surface area contributed by atoms with Crippen LogP contribution in [0.2, 0.25) is 0 Å². The molecule has 0 unspecified atom stereocenters. The van der Waals surface area contributed by atoms with E-state index in [1.54, 1.807) is 30.4 Å². The van der Waals surface area contributed by atoms with Gasteiger partial charge in [0.05, 0.1) is 19.7 Å². The van der Waals surface area contributed by atoms with Gasteiger partial charge in [-0.2, -0.15) is 0 Å². The monoisotopic (exact) mass is 527 g/mol. The van der Waals surface area contributed by atoms with Crippen molar-refractivity contribution in [2.45, 2.75) is 6.42 Å². The number of carbonyl (C=O) groups is 2. The molecule has 0 saturated carbocycles. The molecule has 2 aromatic carbocycles. The van der Waals surface area contributed by atoms with E-state index in [0.717, 1.165) is 16.5 Å². The molecule has 0 aliphatic heterocycles. The molecule has 3 aromatic heterocycles. The van der Waals surface area contributed by atoms with Gasteiger partial charge in [-0.1, -0.05) is 30.3 Å². The molecular formula is C28H25N5O4S. The van der Waals surface area contributed by atoms with E-state index in [9.17, 15) is 9.59 Å². The van der Waals surface area contributed by atoms with E-state index in [4.69, 9.17) is 9.47 Å². The summed E-state index contributed by atoms with van der Waals surface area (Å²) in [6.07, 6.45) is 2.29. The molecule has 0 aliphatic carbocycles. The van der Waals surface area contributed by atoms with Crippen molar-refractivity contribution in [3.8, 4) is 17.3 Å². The maximum absolute atomic E-state index is 13.3. The predicted octanol–water partition coefficient (Wildman–Crippen LogP) is 4.72. The molecule has 0 fully saturated rings. The molecule has 0 atom stereocenters. The van der Waals surface area contributed by atoms with Crippen LogP contribution in [0.1, 0.15) is 26.5 Å². The third kappa shape index (κ3) is 5.21. The normalized spacial score (nSPS) is 10.8. The number of fused-ring (bicyclic) bond motifs is 1. The second kappa shape index (κ2) is 11.1. The topological polar surface area (TPSA) is 107 Å². The third-order valence-corrected chi connectivity index (χ3v) is 6.68. The number of ether oxygens (including phenoxy) is 2. The number of para-hydroxylation sites is 1. The van der Waals surface area contributed by atoms with E-state index in [2.05, 4.69) is 20.6 Å². The van der Waals surface area contributed by atoms with Gasteiger partial charge in [0.2, 0.25) is 0 Å². The number of benzene rings is 2. The summed E-state index contributed by atoms with van der Waals surface area (Å²) in [4.78, 5) is 34.7. The van der Waals surface area contributed by atoms with Crippen LogP contribution < -0.4 is 20.1 Å². The summed E-state index contributed by atoms with van der Waals surface area (Å²) in [5, 5.41) is 8.56. The SMILES string of the molecule is COc1ccc(CCNC(=O)c2csc(NC(=O)c3cc4ccccc4n3-c3ccccn3)n2)cc1OC. The Kier molecular flexibility index (Phi) is 7.32. The molecule has 9 nitrogen and oxygen atoms in total. The molecule has 10 heteroatoms. The molecule has 5 rings (SSSR count). The Morgan fingerprint density at radius 3 is 2.55 bits per heavy atom. The van der Waals surface area contributed by atoms with Crippen LogP contribution in [0.5, 0.6) is 11.5 Å². The second-order valence-electron chi connectivity index (χ2n) is 8.30. The predicted molar refractivity (Wildman–Crippen MR) is 147 cm³/mol. The number of rotatable bonds is 9. The van der Waals surface area contributed by atoms with Crippen molar-refractivity contribution >= 4 is 39.2 Å². The van der Waals surface area contributed by atoms with Crippen molar-refractivity contribution in [1.29, 1.82) is 0 Å². The van der Waals surface area contributed by atoms with Gasteiger partial charge in [0.25, 0.3) is 11.8 Å². The van der Waals surface area contributed by atoms with Crippen LogP contribution in [0.4, 0.5) is 5.13 Å². The molecule has 192 valence electrons. The number of anilines is 1. The van der Waals surface area contributed by atoms with Gasteiger partial charge in [-0.3, -0.25) is 19.5 Å². The van der Waals surface area contributed by atoms with Gasteiger partial charge in [-0.05, 0) is 48.4 Å². The Balaban J connectivity index is 1.25. The molecule has 3 heterocycles. The average molecular weight is 528 g/mol. The van der Waals surface area contributed by atoms with Crippen LogP contribution in [0.3, 0.4) is 0 Å². The average Bonchev–Trinajstić information content (AvgIpc) is 3.58. The zero-order valence-electron chi connectivity index (χ0n) is 20.8. The summed E-state index contributed by atoms with van der Waals surface area (Å²) < 4.78 is 12.4. The molecule has 0 spiro atoms. The van der Waals surface area contributed by atoms with Crippen molar-refractivity contribution in [3.05, 3.63) is 95.3 Å². The first-order valence-corrected chi connectivity index (χ1v) is 12.7. The zero-order valence-corrected chi connectivity index (χ0v) is 21.6. The lowest BCUT2D eigenvalue weighted by molar-refractivity contribution is 0.0948. The number of amides is 2. The molecule has 0 radical (unpaired) electrons. The number of thiazole rings is 1. The van der Waals surface area contributed by atoms with Crippen molar-refractivity contribution in [2.24, 2.45) is 0 Å². The Morgan fingerprint density at radius 1 is 0.947 bits per heavy atom. The van der Waals surface area contributed by atoms with E-state index in [0.29, 0.717) is 41.1 Å². The number of hydrogen-bond acceptors (Lipinski definition) is 7. The number of nitrogens with zero attached hydrogens (tertiary/aromatic N) is 3. The Labute approximate surface area is 223 Å². The first-order valence-electron chi connectivity index (χ1n) is 11.8. The fourth-order valence-corrected chi connectivity index (χ4v) is 4.78. The third-order valence-electron chi connectivity index (χ3n) is 5.93. The number of pyridine rings is 1. The van der Waals surface area contributed by atoms with E-state index in [-0.39, 0.29) is 17.5 Å². The van der Waals surface area contributed by atoms with E-state index < -0.39 is 0 Å². The largest absolute Gasteiger partial charge is 0.493 e. The Bertz CT molecular complexity index is 1600. The summed E-state index contributed by atoms with van der Waals surface area (Å²) >= 11 is 1.19. The van der Waals surface area contributed by atoms with Gasteiger partial charge in [0, 0.05) is 23.5 Å². The molecule has 5 aromatic rings. The van der Waals surface area contributed by atoms with Gasteiger partial charge in [0.15, 0.2) is 16.6 Å². The minimum atomic E-state index is -0.346. The minimum Gasteiger partial charge on any atom is -0.493 e. The highest BCUT2D eigenvalue weighted by atomic mass is 32.1. The van der Waals surface area contributed by atoms with Crippen molar-refractivity contribution in [3.63, 3.8) is 0 Å². The number of nitrogens with one attached hydrogen (secondary N) is 2. The quantitative estimate of drug-likeness (QED) is 0.287. The summed E-state index contributed by atoms with van der Waals surface area (Å²) in [7, 11) is 3.17.